The first-order valence-corrected chi connectivity index (χ1v) is 6.90. The van der Waals surface area contributed by atoms with Gasteiger partial charge in [-0.25, -0.2) is 0 Å². The normalized spacial score (nSPS) is 19.7. The van der Waals surface area contributed by atoms with Crippen molar-refractivity contribution < 1.29 is 9.53 Å². The number of hydrogen-bond acceptors (Lipinski definition) is 3. The van der Waals surface area contributed by atoms with Crippen molar-refractivity contribution in [2.75, 3.05) is 6.61 Å². The van der Waals surface area contributed by atoms with Crippen LogP contribution >= 0.6 is 0 Å². The monoisotopic (exact) mass is 258 g/mol. The molecule has 0 radical (unpaired) electrons. The van der Waals surface area contributed by atoms with Gasteiger partial charge in [0, 0.05) is 48.1 Å². The number of aromatic nitrogens is 2. The Balaban J connectivity index is 1.66. The molecule has 3 heterocycles. The molecule has 0 aromatic carbocycles. The van der Waals surface area contributed by atoms with Crippen LogP contribution < -0.4 is 0 Å². The second kappa shape index (κ2) is 5.53. The van der Waals surface area contributed by atoms with E-state index in [2.05, 4.69) is 9.97 Å². The molecule has 1 saturated heterocycles. The van der Waals surface area contributed by atoms with E-state index in [0.29, 0.717) is 6.42 Å². The average Bonchev–Trinajstić information content (AvgIpc) is 2.90. The van der Waals surface area contributed by atoms with Crippen molar-refractivity contribution >= 4 is 16.7 Å². The number of fused-ring (bicyclic) bond motifs is 1. The summed E-state index contributed by atoms with van der Waals surface area (Å²) < 4.78 is 5.66. The van der Waals surface area contributed by atoms with E-state index in [1.807, 2.05) is 6.07 Å². The average molecular weight is 258 g/mol. The Kier molecular flexibility index (Phi) is 3.60. The van der Waals surface area contributed by atoms with Crippen molar-refractivity contribution in [1.29, 1.82) is 0 Å². The van der Waals surface area contributed by atoms with Crippen molar-refractivity contribution in [3.8, 4) is 0 Å². The number of rotatable bonds is 4. The molecule has 4 nitrogen and oxygen atoms in total. The molecule has 0 spiro atoms. The van der Waals surface area contributed by atoms with Gasteiger partial charge >= 0.3 is 0 Å². The molecule has 1 aliphatic heterocycles. The molecule has 100 valence electrons. The van der Waals surface area contributed by atoms with Crippen molar-refractivity contribution in [1.82, 2.24) is 9.97 Å². The summed E-state index contributed by atoms with van der Waals surface area (Å²) in [6.45, 7) is 0.843. The summed E-state index contributed by atoms with van der Waals surface area (Å²) >= 11 is 0. The Labute approximate surface area is 112 Å². The van der Waals surface area contributed by atoms with Crippen LogP contribution in [0.15, 0.2) is 24.7 Å². The van der Waals surface area contributed by atoms with Crippen LogP contribution in [0.1, 0.15) is 42.5 Å². The van der Waals surface area contributed by atoms with E-state index in [1.165, 1.54) is 6.42 Å². The number of H-pyrrole nitrogens is 1. The molecule has 1 aliphatic rings. The van der Waals surface area contributed by atoms with Gasteiger partial charge in [0.25, 0.3) is 0 Å². The Morgan fingerprint density at radius 3 is 3.26 bits per heavy atom. The summed E-state index contributed by atoms with van der Waals surface area (Å²) in [5.41, 5.74) is 1.71. The maximum Gasteiger partial charge on any atom is 0.165 e. The minimum absolute atomic E-state index is 0.174. The molecule has 1 fully saturated rings. The van der Waals surface area contributed by atoms with E-state index in [9.17, 15) is 4.79 Å². The zero-order chi connectivity index (χ0) is 13.1. The minimum Gasteiger partial charge on any atom is -0.378 e. The van der Waals surface area contributed by atoms with E-state index in [0.717, 1.165) is 42.3 Å². The highest BCUT2D eigenvalue weighted by Crippen LogP contribution is 2.21. The molecule has 2 aromatic heterocycles. The number of pyridine rings is 1. The SMILES string of the molecule is O=C(CCC1CCCCO1)c1c[nH]c2ccncc12. The topological polar surface area (TPSA) is 55.0 Å². The summed E-state index contributed by atoms with van der Waals surface area (Å²) in [6.07, 6.45) is 10.4. The molecule has 0 saturated carbocycles. The molecule has 0 aliphatic carbocycles. The molecule has 0 amide bonds. The van der Waals surface area contributed by atoms with E-state index in [1.54, 1.807) is 18.6 Å². The third kappa shape index (κ3) is 2.68. The van der Waals surface area contributed by atoms with Gasteiger partial charge in [-0.2, -0.15) is 0 Å². The Morgan fingerprint density at radius 2 is 2.42 bits per heavy atom. The van der Waals surface area contributed by atoms with Crippen LogP contribution in [0.2, 0.25) is 0 Å². The molecule has 1 atom stereocenters. The van der Waals surface area contributed by atoms with Gasteiger partial charge in [0.1, 0.15) is 0 Å². The summed E-state index contributed by atoms with van der Waals surface area (Å²) in [5.74, 6) is 0.174. The maximum atomic E-state index is 12.3. The van der Waals surface area contributed by atoms with Crippen LogP contribution in [0.3, 0.4) is 0 Å². The highest BCUT2D eigenvalue weighted by Gasteiger charge is 2.17. The van der Waals surface area contributed by atoms with Crippen molar-refractivity contribution in [2.45, 2.75) is 38.2 Å². The molecule has 2 aromatic rings. The zero-order valence-corrected chi connectivity index (χ0v) is 10.9. The Hall–Kier alpha value is -1.68. The molecule has 0 bridgehead atoms. The third-order valence-electron chi connectivity index (χ3n) is 3.75. The summed E-state index contributed by atoms with van der Waals surface area (Å²) in [7, 11) is 0. The minimum atomic E-state index is 0.174. The van der Waals surface area contributed by atoms with Gasteiger partial charge in [0.15, 0.2) is 5.78 Å². The number of hydrogen-bond donors (Lipinski definition) is 1. The van der Waals surface area contributed by atoms with Crippen LogP contribution in [-0.4, -0.2) is 28.5 Å². The fourth-order valence-electron chi connectivity index (χ4n) is 2.66. The van der Waals surface area contributed by atoms with Gasteiger partial charge in [-0.1, -0.05) is 0 Å². The van der Waals surface area contributed by atoms with Crippen LogP contribution in [0.4, 0.5) is 0 Å². The fourth-order valence-corrected chi connectivity index (χ4v) is 2.66. The van der Waals surface area contributed by atoms with Crippen molar-refractivity contribution in [2.24, 2.45) is 0 Å². The highest BCUT2D eigenvalue weighted by molar-refractivity contribution is 6.07. The lowest BCUT2D eigenvalue weighted by Gasteiger charge is -2.22. The zero-order valence-electron chi connectivity index (χ0n) is 10.9. The predicted octanol–water partition coefficient (Wildman–Crippen LogP) is 3.09. The van der Waals surface area contributed by atoms with Gasteiger partial charge in [-0.15, -0.1) is 0 Å². The Morgan fingerprint density at radius 1 is 1.47 bits per heavy atom. The van der Waals surface area contributed by atoms with Gasteiger partial charge in [-0.05, 0) is 31.7 Å². The number of Topliss-reactive ketones (excluding diaryl/α,β-unsaturated/α-hetero) is 1. The first-order valence-electron chi connectivity index (χ1n) is 6.90. The smallest absolute Gasteiger partial charge is 0.165 e. The maximum absolute atomic E-state index is 12.3. The summed E-state index contributed by atoms with van der Waals surface area (Å²) in [6, 6.07) is 1.89. The number of aromatic amines is 1. The highest BCUT2D eigenvalue weighted by atomic mass is 16.5. The van der Waals surface area contributed by atoms with E-state index in [-0.39, 0.29) is 11.9 Å². The first-order chi connectivity index (χ1) is 9.34. The van der Waals surface area contributed by atoms with Gasteiger partial charge < -0.3 is 9.72 Å². The van der Waals surface area contributed by atoms with E-state index in [4.69, 9.17) is 4.74 Å². The van der Waals surface area contributed by atoms with Crippen molar-refractivity contribution in [3.05, 3.63) is 30.2 Å². The molecule has 19 heavy (non-hydrogen) atoms. The molecule has 4 heteroatoms. The number of ketones is 1. The molecule has 3 rings (SSSR count). The summed E-state index contributed by atoms with van der Waals surface area (Å²) in [5, 5.41) is 0.914. The predicted molar refractivity (Wildman–Crippen MR) is 73.2 cm³/mol. The lowest BCUT2D eigenvalue weighted by Crippen LogP contribution is -2.19. The van der Waals surface area contributed by atoms with Gasteiger partial charge in [0.2, 0.25) is 0 Å². The van der Waals surface area contributed by atoms with Gasteiger partial charge in [-0.3, -0.25) is 9.78 Å². The first kappa shape index (κ1) is 12.4. The van der Waals surface area contributed by atoms with Crippen LogP contribution in [0.25, 0.3) is 10.9 Å². The molecular weight excluding hydrogens is 240 g/mol. The van der Waals surface area contributed by atoms with Gasteiger partial charge in [0.05, 0.1) is 6.10 Å². The largest absolute Gasteiger partial charge is 0.378 e. The second-order valence-corrected chi connectivity index (χ2v) is 5.07. The third-order valence-corrected chi connectivity index (χ3v) is 3.75. The molecule has 1 unspecified atom stereocenters. The lowest BCUT2D eigenvalue weighted by atomic mass is 10.0. The van der Waals surface area contributed by atoms with Crippen molar-refractivity contribution in [3.63, 3.8) is 0 Å². The summed E-state index contributed by atoms with van der Waals surface area (Å²) in [4.78, 5) is 19.5. The number of nitrogens with one attached hydrogen (secondary N) is 1. The molecular formula is C15H18N2O2. The standard InChI is InChI=1S/C15H18N2O2/c18-15(5-4-11-3-1-2-8-19-11)13-10-17-14-6-7-16-9-12(13)14/h6-7,9-11,17H,1-5,8H2. The Bertz CT molecular complexity index is 570. The fraction of sp³-hybridized carbons (Fsp3) is 0.467. The van der Waals surface area contributed by atoms with Crippen LogP contribution in [0, 0.1) is 0 Å². The van der Waals surface area contributed by atoms with E-state index >= 15 is 0 Å². The quantitative estimate of drug-likeness (QED) is 0.857. The molecule has 1 N–H and O–H groups in total. The number of carbonyl (C=O) groups is 1. The number of nitrogens with zero attached hydrogens (tertiary/aromatic N) is 1. The van der Waals surface area contributed by atoms with Crippen LogP contribution in [0.5, 0.6) is 0 Å². The number of carbonyl (C=O) groups excluding carboxylic acids is 1. The van der Waals surface area contributed by atoms with Crippen LogP contribution in [-0.2, 0) is 4.74 Å². The lowest BCUT2D eigenvalue weighted by molar-refractivity contribution is 0.0104. The van der Waals surface area contributed by atoms with E-state index < -0.39 is 0 Å². The second-order valence-electron chi connectivity index (χ2n) is 5.07. The number of ether oxygens (including phenoxy) is 1.